The average Bonchev–Trinajstić information content (AvgIpc) is 2.96. The lowest BCUT2D eigenvalue weighted by Gasteiger charge is -2.20. The Morgan fingerprint density at radius 1 is 0.818 bits per heavy atom. The zero-order valence-corrected chi connectivity index (χ0v) is 15.5. The highest BCUT2D eigenvalue weighted by Crippen LogP contribution is 2.32. The van der Waals surface area contributed by atoms with E-state index in [9.17, 15) is 0 Å². The van der Waals surface area contributed by atoms with Crippen LogP contribution in [0.4, 0.5) is 0 Å². The predicted molar refractivity (Wildman–Crippen MR) is 86.4 cm³/mol. The fourth-order valence-electron chi connectivity index (χ4n) is 4.46. The molecule has 2 fully saturated rings. The zero-order chi connectivity index (χ0) is 14.1. The summed E-state index contributed by atoms with van der Waals surface area (Å²) in [7, 11) is 0. The van der Waals surface area contributed by atoms with E-state index >= 15 is 0 Å². The van der Waals surface area contributed by atoms with Crippen molar-refractivity contribution in [1.82, 2.24) is 4.57 Å². The molecule has 22 heavy (non-hydrogen) atoms. The molecule has 4 rings (SSSR count). The molecule has 2 aromatic rings. The molecule has 0 N–H and O–H groups in total. The minimum atomic E-state index is 0. The van der Waals surface area contributed by atoms with Crippen molar-refractivity contribution in [3.8, 4) is 0 Å². The van der Waals surface area contributed by atoms with Crippen molar-refractivity contribution in [3.05, 3.63) is 30.6 Å². The summed E-state index contributed by atoms with van der Waals surface area (Å²) >= 11 is 0. The second-order valence-corrected chi connectivity index (χ2v) is 7.00. The zero-order valence-electron chi connectivity index (χ0n) is 13.4. The molecule has 1 heterocycles. The number of benzene rings is 1. The van der Waals surface area contributed by atoms with Crippen molar-refractivity contribution in [2.24, 2.45) is 0 Å². The molecule has 0 radical (unpaired) electrons. The molecule has 0 saturated heterocycles. The van der Waals surface area contributed by atoms with Gasteiger partial charge >= 0.3 is 0 Å². The van der Waals surface area contributed by atoms with Crippen LogP contribution in [-0.2, 0) is 0 Å². The first-order valence-electron chi connectivity index (χ1n) is 8.94. The molecule has 0 unspecified atom stereocenters. The summed E-state index contributed by atoms with van der Waals surface area (Å²) in [6, 6.07) is 10.5. The Hall–Kier alpha value is -0.580. The Morgan fingerprint density at radius 2 is 1.45 bits per heavy atom. The van der Waals surface area contributed by atoms with Crippen molar-refractivity contribution in [3.63, 3.8) is 0 Å². The maximum Gasteiger partial charge on any atom is 0.245 e. The molecule has 2 saturated carbocycles. The number of rotatable bonds is 2. The van der Waals surface area contributed by atoms with Gasteiger partial charge in [-0.2, -0.15) is 0 Å². The van der Waals surface area contributed by atoms with Crippen molar-refractivity contribution in [2.45, 2.75) is 76.3 Å². The van der Waals surface area contributed by atoms with E-state index in [0.717, 1.165) is 12.1 Å². The molecule has 0 aliphatic heterocycles. The van der Waals surface area contributed by atoms with Gasteiger partial charge < -0.3 is 24.0 Å². The predicted octanol–water partition coefficient (Wildman–Crippen LogP) is 1.94. The molecule has 1 aromatic carbocycles. The van der Waals surface area contributed by atoms with E-state index in [1.807, 2.05) is 0 Å². The van der Waals surface area contributed by atoms with E-state index in [0.29, 0.717) is 0 Å². The monoisotopic (exact) mass is 410 g/mol. The third kappa shape index (κ3) is 3.06. The van der Waals surface area contributed by atoms with Crippen LogP contribution in [0.3, 0.4) is 0 Å². The summed E-state index contributed by atoms with van der Waals surface area (Å²) < 4.78 is 5.20. The van der Waals surface area contributed by atoms with Gasteiger partial charge in [-0.25, -0.2) is 9.13 Å². The van der Waals surface area contributed by atoms with Gasteiger partial charge in [0.2, 0.25) is 6.33 Å². The maximum absolute atomic E-state index is 2.60. The average molecular weight is 410 g/mol. The minimum absolute atomic E-state index is 0. The van der Waals surface area contributed by atoms with Crippen LogP contribution in [0, 0.1) is 0 Å². The van der Waals surface area contributed by atoms with Crippen LogP contribution in [0.5, 0.6) is 0 Å². The van der Waals surface area contributed by atoms with Gasteiger partial charge in [-0.15, -0.1) is 0 Å². The summed E-state index contributed by atoms with van der Waals surface area (Å²) in [5.74, 6) is 0. The van der Waals surface area contributed by atoms with Gasteiger partial charge in [0.25, 0.3) is 0 Å². The molecule has 0 amide bonds. The maximum atomic E-state index is 2.60. The van der Waals surface area contributed by atoms with Gasteiger partial charge in [-0.1, -0.05) is 25.0 Å². The van der Waals surface area contributed by atoms with Crippen LogP contribution in [0.15, 0.2) is 30.6 Å². The first kappa shape index (κ1) is 16.3. The summed E-state index contributed by atoms with van der Waals surface area (Å²) in [6.45, 7) is 0. The highest BCUT2D eigenvalue weighted by atomic mass is 127. The number of hydrogen-bond acceptors (Lipinski definition) is 0. The topological polar surface area (TPSA) is 8.81 Å². The molecule has 2 aliphatic rings. The van der Waals surface area contributed by atoms with Crippen LogP contribution >= 0.6 is 0 Å². The molecular weight excluding hydrogens is 383 g/mol. The van der Waals surface area contributed by atoms with Gasteiger partial charge in [0.15, 0.2) is 11.0 Å². The van der Waals surface area contributed by atoms with Crippen LogP contribution in [0.1, 0.15) is 76.3 Å². The Labute approximate surface area is 150 Å². The molecule has 0 bridgehead atoms. The second kappa shape index (κ2) is 7.33. The number of aromatic nitrogens is 2. The third-order valence-electron chi connectivity index (χ3n) is 5.62. The minimum Gasteiger partial charge on any atom is -1.00 e. The first-order chi connectivity index (χ1) is 10.4. The fraction of sp³-hybridized carbons (Fsp3) is 0.632. The number of hydrogen-bond donors (Lipinski definition) is 0. The molecule has 1 aromatic heterocycles. The number of halogens is 1. The second-order valence-electron chi connectivity index (χ2n) is 7.00. The summed E-state index contributed by atoms with van der Waals surface area (Å²) in [5.41, 5.74) is 2.91. The number of para-hydroxylation sites is 2. The Kier molecular flexibility index (Phi) is 5.42. The molecule has 0 atom stereocenters. The van der Waals surface area contributed by atoms with Crippen LogP contribution in [-0.4, -0.2) is 4.57 Å². The van der Waals surface area contributed by atoms with Gasteiger partial charge in [0.1, 0.15) is 12.1 Å². The summed E-state index contributed by atoms with van der Waals surface area (Å²) in [5, 5.41) is 0. The number of imidazole rings is 1. The Balaban J connectivity index is 0.00000144. The Bertz CT molecular complexity index is 555. The van der Waals surface area contributed by atoms with Crippen LogP contribution in [0.25, 0.3) is 11.0 Å². The molecule has 120 valence electrons. The lowest BCUT2D eigenvalue weighted by molar-refractivity contribution is -0.702. The Morgan fingerprint density at radius 3 is 2.18 bits per heavy atom. The highest BCUT2D eigenvalue weighted by Gasteiger charge is 2.28. The van der Waals surface area contributed by atoms with E-state index < -0.39 is 0 Å². The van der Waals surface area contributed by atoms with Gasteiger partial charge in [0.05, 0.1) is 0 Å². The van der Waals surface area contributed by atoms with Crippen molar-refractivity contribution < 1.29 is 28.5 Å². The highest BCUT2D eigenvalue weighted by molar-refractivity contribution is 5.71. The molecular formula is C19H27IN2. The fourth-order valence-corrected chi connectivity index (χ4v) is 4.46. The largest absolute Gasteiger partial charge is 1.00 e. The standard InChI is InChI=1S/C19H27N2.HI/c1-3-9-16(10-4-1)20-15-21(17-11-5-2-6-12-17)19-14-8-7-13-18(19)20;/h7-8,13-17H,1-6,9-12H2;1H/q+1;/p-1. The molecule has 0 spiro atoms. The number of nitrogens with zero attached hydrogens (tertiary/aromatic N) is 2. The van der Waals surface area contributed by atoms with Gasteiger partial charge in [0, 0.05) is 0 Å². The van der Waals surface area contributed by atoms with Gasteiger partial charge in [-0.3, -0.25) is 0 Å². The first-order valence-corrected chi connectivity index (χ1v) is 8.94. The van der Waals surface area contributed by atoms with Crippen molar-refractivity contribution >= 4 is 11.0 Å². The lowest BCUT2D eigenvalue weighted by Crippen LogP contribution is -3.00. The smallest absolute Gasteiger partial charge is 0.245 e. The van der Waals surface area contributed by atoms with E-state index in [4.69, 9.17) is 0 Å². The van der Waals surface area contributed by atoms with E-state index in [2.05, 4.69) is 39.7 Å². The van der Waals surface area contributed by atoms with E-state index in [-0.39, 0.29) is 24.0 Å². The summed E-state index contributed by atoms with van der Waals surface area (Å²) in [4.78, 5) is 0. The van der Waals surface area contributed by atoms with Gasteiger partial charge in [-0.05, 0) is 63.5 Å². The van der Waals surface area contributed by atoms with E-state index in [1.165, 1.54) is 75.2 Å². The van der Waals surface area contributed by atoms with Crippen molar-refractivity contribution in [1.29, 1.82) is 0 Å². The third-order valence-corrected chi connectivity index (χ3v) is 5.62. The van der Waals surface area contributed by atoms with Crippen LogP contribution in [0.2, 0.25) is 0 Å². The SMILES string of the molecule is [I-].c1ccc2c(c1)n(C1CCCCC1)c[n+]2C1CCCCC1. The lowest BCUT2D eigenvalue weighted by atomic mass is 9.95. The molecule has 2 nitrogen and oxygen atoms in total. The van der Waals surface area contributed by atoms with Crippen LogP contribution < -0.4 is 28.5 Å². The quantitative estimate of drug-likeness (QED) is 0.529. The summed E-state index contributed by atoms with van der Waals surface area (Å²) in [6.07, 6.45) is 16.4. The van der Waals surface area contributed by atoms with E-state index in [1.54, 1.807) is 0 Å². The normalized spacial score (nSPS) is 20.9. The molecule has 2 aliphatic carbocycles. The van der Waals surface area contributed by atoms with Crippen molar-refractivity contribution in [2.75, 3.05) is 0 Å². The number of fused-ring (bicyclic) bond motifs is 1. The molecule has 3 heteroatoms.